The fraction of sp³-hybridized carbons (Fsp3) is 0.478. The molecule has 0 spiro atoms. The Morgan fingerprint density at radius 2 is 1.65 bits per heavy atom. The Morgan fingerprint density at radius 3 is 2.23 bits per heavy atom. The van der Waals surface area contributed by atoms with Gasteiger partial charge in [0.05, 0.1) is 0 Å². The van der Waals surface area contributed by atoms with Crippen LogP contribution in [0.5, 0.6) is 5.75 Å². The fourth-order valence-corrected chi connectivity index (χ4v) is 4.03. The van der Waals surface area contributed by atoms with Crippen LogP contribution < -0.4 is 0 Å². The minimum atomic E-state index is -0.252. The van der Waals surface area contributed by atoms with E-state index in [0.717, 1.165) is 11.1 Å². The molecule has 1 N–H and O–H groups in total. The fourth-order valence-electron chi connectivity index (χ4n) is 4.03. The molecule has 3 rings (SSSR count). The molecule has 1 heterocycles. The zero-order chi connectivity index (χ0) is 19.1. The predicted molar refractivity (Wildman–Crippen MR) is 106 cm³/mol. The van der Waals surface area contributed by atoms with Crippen molar-refractivity contribution in [1.29, 1.82) is 0 Å². The molecule has 0 bridgehead atoms. The van der Waals surface area contributed by atoms with Crippen LogP contribution >= 0.6 is 0 Å². The molecule has 1 saturated heterocycles. The molecule has 26 heavy (non-hydrogen) atoms. The molecule has 0 radical (unpaired) electrons. The zero-order valence-corrected chi connectivity index (χ0v) is 16.7. The van der Waals surface area contributed by atoms with Crippen LogP contribution in [0.3, 0.4) is 0 Å². The third-order valence-corrected chi connectivity index (χ3v) is 5.32. The van der Waals surface area contributed by atoms with Crippen molar-refractivity contribution in [1.82, 2.24) is 4.90 Å². The van der Waals surface area contributed by atoms with Crippen molar-refractivity contribution >= 4 is 0 Å². The van der Waals surface area contributed by atoms with Crippen LogP contribution in [0.25, 0.3) is 0 Å². The molecule has 0 aliphatic carbocycles. The summed E-state index contributed by atoms with van der Waals surface area (Å²) in [4.78, 5) is 2.36. The lowest BCUT2D eigenvalue weighted by Crippen LogP contribution is -2.37. The average molecular weight is 354 g/mol. The quantitative estimate of drug-likeness (QED) is 0.784. The first-order chi connectivity index (χ1) is 12.2. The molecule has 3 nitrogen and oxygen atoms in total. The van der Waals surface area contributed by atoms with Gasteiger partial charge in [-0.1, -0.05) is 69.3 Å². The third kappa shape index (κ3) is 3.38. The number of hydrogen-bond donors (Lipinski definition) is 1. The summed E-state index contributed by atoms with van der Waals surface area (Å²) in [5, 5.41) is 11.0. The molecule has 140 valence electrons. The van der Waals surface area contributed by atoms with Gasteiger partial charge in [-0.25, -0.2) is 0 Å². The largest absolute Gasteiger partial charge is 0.507 e. The molecule has 2 aromatic carbocycles. The molecule has 1 fully saturated rings. The summed E-state index contributed by atoms with van der Waals surface area (Å²) in [5.41, 5.74) is 2.88. The topological polar surface area (TPSA) is 32.7 Å². The smallest absolute Gasteiger partial charge is 0.141 e. The van der Waals surface area contributed by atoms with Crippen molar-refractivity contribution in [3.05, 3.63) is 65.2 Å². The Hall–Kier alpha value is -1.84. The van der Waals surface area contributed by atoms with Gasteiger partial charge in [-0.3, -0.25) is 4.90 Å². The monoisotopic (exact) mass is 353 g/mol. The number of para-hydroxylation sites is 1. The molecule has 3 heteroatoms. The molecule has 0 unspecified atom stereocenters. The van der Waals surface area contributed by atoms with Crippen LogP contribution in [-0.2, 0) is 10.2 Å². The van der Waals surface area contributed by atoms with Gasteiger partial charge in [-0.15, -0.1) is 0 Å². The molecular weight excluding hydrogens is 322 g/mol. The van der Waals surface area contributed by atoms with Crippen LogP contribution in [0, 0.1) is 0 Å². The van der Waals surface area contributed by atoms with E-state index in [9.17, 15) is 5.11 Å². The summed E-state index contributed by atoms with van der Waals surface area (Å²) in [7, 11) is 0. The summed E-state index contributed by atoms with van der Waals surface area (Å²) < 4.78 is 6.53. The second kappa shape index (κ2) is 7.05. The second-order valence-electron chi connectivity index (χ2n) is 8.59. The van der Waals surface area contributed by atoms with E-state index >= 15 is 0 Å². The van der Waals surface area contributed by atoms with Gasteiger partial charge in [0, 0.05) is 17.6 Å². The van der Waals surface area contributed by atoms with E-state index < -0.39 is 0 Å². The maximum atomic E-state index is 11.0. The summed E-state index contributed by atoms with van der Waals surface area (Å²) >= 11 is 0. The first kappa shape index (κ1) is 18.9. The van der Waals surface area contributed by atoms with Crippen molar-refractivity contribution in [3.63, 3.8) is 0 Å². The third-order valence-electron chi connectivity index (χ3n) is 5.32. The van der Waals surface area contributed by atoms with Gasteiger partial charge >= 0.3 is 0 Å². The van der Waals surface area contributed by atoms with Gasteiger partial charge in [0.2, 0.25) is 0 Å². The van der Waals surface area contributed by atoms with Crippen LogP contribution in [0.2, 0.25) is 0 Å². The molecule has 1 aliphatic heterocycles. The number of phenolic OH excluding ortho intramolecular Hbond substituents is 1. The van der Waals surface area contributed by atoms with Gasteiger partial charge < -0.3 is 9.84 Å². The Bertz CT molecular complexity index is 749. The highest BCUT2D eigenvalue weighted by Gasteiger charge is 2.43. The highest BCUT2D eigenvalue weighted by Crippen LogP contribution is 2.47. The lowest BCUT2D eigenvalue weighted by Gasteiger charge is -2.32. The molecule has 1 aliphatic rings. The molecule has 0 saturated carbocycles. The molecule has 3 atom stereocenters. The van der Waals surface area contributed by atoms with Crippen molar-refractivity contribution in [2.45, 2.75) is 71.4 Å². The lowest BCUT2D eigenvalue weighted by molar-refractivity contribution is -0.0139. The van der Waals surface area contributed by atoms with Gasteiger partial charge in [0.25, 0.3) is 0 Å². The molecule has 0 aromatic heterocycles. The van der Waals surface area contributed by atoms with Gasteiger partial charge in [-0.05, 0) is 37.3 Å². The number of benzene rings is 2. The SMILES string of the molecule is CC(C)N1[C@@H](c2cccc(C(C)(C)C)c2O)O[C@@H](c2ccccc2)[C@H]1C. The van der Waals surface area contributed by atoms with Gasteiger partial charge in [-0.2, -0.15) is 0 Å². The van der Waals surface area contributed by atoms with Crippen LogP contribution in [0.15, 0.2) is 48.5 Å². The summed E-state index contributed by atoms with van der Waals surface area (Å²) in [6.07, 6.45) is -0.265. The minimum Gasteiger partial charge on any atom is -0.507 e. The van der Waals surface area contributed by atoms with Crippen LogP contribution in [0.1, 0.15) is 70.6 Å². The second-order valence-corrected chi connectivity index (χ2v) is 8.59. The van der Waals surface area contributed by atoms with Crippen molar-refractivity contribution in [2.75, 3.05) is 0 Å². The number of nitrogens with zero attached hydrogens (tertiary/aromatic N) is 1. The summed E-state index contributed by atoms with van der Waals surface area (Å²) in [6, 6.07) is 16.9. The maximum Gasteiger partial charge on any atom is 0.141 e. The first-order valence-electron chi connectivity index (χ1n) is 9.52. The summed E-state index contributed by atoms with van der Waals surface area (Å²) in [5.74, 6) is 0.358. The van der Waals surface area contributed by atoms with Crippen LogP contribution in [0.4, 0.5) is 0 Å². The van der Waals surface area contributed by atoms with E-state index in [1.807, 2.05) is 24.3 Å². The van der Waals surface area contributed by atoms with Crippen molar-refractivity contribution in [2.24, 2.45) is 0 Å². The Kier molecular flexibility index (Phi) is 5.14. The maximum absolute atomic E-state index is 11.0. The minimum absolute atomic E-state index is 0.0127. The van der Waals surface area contributed by atoms with E-state index in [1.165, 1.54) is 5.56 Å². The molecular formula is C23H31NO2. The standard InChI is InChI=1S/C23H31NO2/c1-15(2)24-16(3)21(17-11-8-7-9-12-17)26-22(24)18-13-10-14-19(20(18)25)23(4,5)6/h7-16,21-22,25H,1-6H3/t16-,21-,22-/m1/s1. The number of ether oxygens (including phenoxy) is 1. The molecule has 2 aromatic rings. The van der Waals surface area contributed by atoms with Gasteiger partial charge in [0.1, 0.15) is 18.1 Å². The van der Waals surface area contributed by atoms with Gasteiger partial charge in [0.15, 0.2) is 0 Å². The van der Waals surface area contributed by atoms with Crippen LogP contribution in [-0.4, -0.2) is 22.1 Å². The number of aromatic hydroxyl groups is 1. The Morgan fingerprint density at radius 1 is 1.00 bits per heavy atom. The zero-order valence-electron chi connectivity index (χ0n) is 16.7. The van der Waals surface area contributed by atoms with E-state index in [-0.39, 0.29) is 23.8 Å². The summed E-state index contributed by atoms with van der Waals surface area (Å²) in [6.45, 7) is 12.9. The first-order valence-corrected chi connectivity index (χ1v) is 9.52. The average Bonchev–Trinajstić information content (AvgIpc) is 2.92. The van der Waals surface area contributed by atoms with Crippen molar-refractivity contribution < 1.29 is 9.84 Å². The van der Waals surface area contributed by atoms with E-state index in [4.69, 9.17) is 4.74 Å². The number of phenols is 1. The van der Waals surface area contributed by atoms with Crippen molar-refractivity contribution in [3.8, 4) is 5.75 Å². The Balaban J connectivity index is 2.04. The molecule has 0 amide bonds. The van der Waals surface area contributed by atoms with E-state index in [0.29, 0.717) is 11.8 Å². The highest BCUT2D eigenvalue weighted by atomic mass is 16.5. The van der Waals surface area contributed by atoms with E-state index in [1.54, 1.807) is 0 Å². The normalized spacial score (nSPS) is 24.3. The lowest BCUT2D eigenvalue weighted by atomic mass is 9.85. The number of rotatable bonds is 3. The predicted octanol–water partition coefficient (Wildman–Crippen LogP) is 5.56. The van der Waals surface area contributed by atoms with E-state index in [2.05, 4.69) is 70.7 Å². The number of hydrogen-bond acceptors (Lipinski definition) is 3. The highest BCUT2D eigenvalue weighted by molar-refractivity contribution is 5.45. The Labute approximate surface area is 157 Å².